The molecule has 1 aromatic carbocycles. The number of benzene rings is 1. The average molecular weight is 340 g/mol. The van der Waals surface area contributed by atoms with Crippen molar-refractivity contribution in [2.75, 3.05) is 13.7 Å². The summed E-state index contributed by atoms with van der Waals surface area (Å²) in [7, 11) is 1.65. The molecule has 0 saturated heterocycles. The van der Waals surface area contributed by atoms with E-state index in [9.17, 15) is 5.11 Å². The van der Waals surface area contributed by atoms with Crippen molar-refractivity contribution < 1.29 is 9.84 Å². The summed E-state index contributed by atoms with van der Waals surface area (Å²) in [6.45, 7) is 0.568. The average Bonchev–Trinajstić information content (AvgIpc) is 3.07. The molecule has 2 saturated carbocycles. The van der Waals surface area contributed by atoms with Crippen molar-refractivity contribution in [3.63, 3.8) is 0 Å². The Morgan fingerprint density at radius 1 is 1.50 bits per heavy atom. The quantitative estimate of drug-likeness (QED) is 0.885. The molecule has 3 nitrogen and oxygen atoms in total. The first-order chi connectivity index (χ1) is 9.60. The van der Waals surface area contributed by atoms with E-state index in [1.807, 2.05) is 18.2 Å². The number of halogens is 1. The minimum absolute atomic E-state index is 0.128. The van der Waals surface area contributed by atoms with Crippen molar-refractivity contribution in [3.05, 3.63) is 28.2 Å². The topological polar surface area (TPSA) is 55.5 Å². The van der Waals surface area contributed by atoms with Gasteiger partial charge in [0.25, 0.3) is 0 Å². The van der Waals surface area contributed by atoms with Crippen LogP contribution in [-0.4, -0.2) is 18.8 Å². The highest BCUT2D eigenvalue weighted by Crippen LogP contribution is 2.60. The fraction of sp³-hybridized carbons (Fsp3) is 0.625. The van der Waals surface area contributed by atoms with E-state index in [-0.39, 0.29) is 5.41 Å². The molecule has 2 fully saturated rings. The number of methoxy groups -OCH3 is 1. The highest BCUT2D eigenvalue weighted by molar-refractivity contribution is 9.10. The van der Waals surface area contributed by atoms with Crippen LogP contribution in [0.25, 0.3) is 0 Å². The van der Waals surface area contributed by atoms with E-state index >= 15 is 0 Å². The van der Waals surface area contributed by atoms with Crippen LogP contribution in [0.2, 0.25) is 0 Å². The zero-order valence-electron chi connectivity index (χ0n) is 11.8. The van der Waals surface area contributed by atoms with Crippen molar-refractivity contribution in [1.82, 2.24) is 0 Å². The fourth-order valence-corrected chi connectivity index (χ4v) is 4.93. The summed E-state index contributed by atoms with van der Waals surface area (Å²) in [5.74, 6) is 2.13. The molecular weight excluding hydrogens is 318 g/mol. The van der Waals surface area contributed by atoms with Crippen LogP contribution < -0.4 is 10.5 Å². The summed E-state index contributed by atoms with van der Waals surface area (Å²) in [6.07, 6.45) is 4.36. The van der Waals surface area contributed by atoms with E-state index in [1.165, 1.54) is 19.3 Å². The lowest BCUT2D eigenvalue weighted by Crippen LogP contribution is -2.41. The van der Waals surface area contributed by atoms with Gasteiger partial charge in [0.1, 0.15) is 5.75 Å². The van der Waals surface area contributed by atoms with E-state index in [2.05, 4.69) is 15.9 Å². The van der Waals surface area contributed by atoms with Gasteiger partial charge in [0, 0.05) is 12.0 Å². The van der Waals surface area contributed by atoms with Crippen LogP contribution in [-0.2, 0) is 0 Å². The second-order valence-electron chi connectivity index (χ2n) is 6.31. The van der Waals surface area contributed by atoms with Gasteiger partial charge in [-0.2, -0.15) is 0 Å². The van der Waals surface area contributed by atoms with Crippen molar-refractivity contribution in [3.8, 4) is 5.75 Å². The monoisotopic (exact) mass is 339 g/mol. The van der Waals surface area contributed by atoms with Gasteiger partial charge in [-0.1, -0.05) is 12.5 Å². The van der Waals surface area contributed by atoms with Crippen LogP contribution in [0.4, 0.5) is 0 Å². The maximum Gasteiger partial charge on any atom is 0.133 e. The molecule has 2 aliphatic carbocycles. The van der Waals surface area contributed by atoms with Crippen LogP contribution in [0.3, 0.4) is 0 Å². The molecule has 2 bridgehead atoms. The molecule has 0 aliphatic heterocycles. The molecule has 0 radical (unpaired) electrons. The van der Waals surface area contributed by atoms with Crippen LogP contribution in [0.15, 0.2) is 22.7 Å². The maximum absolute atomic E-state index is 10.9. The predicted octanol–water partition coefficient (Wildman–Crippen LogP) is 3.26. The molecule has 1 aromatic rings. The lowest BCUT2D eigenvalue weighted by atomic mass is 9.67. The van der Waals surface area contributed by atoms with Gasteiger partial charge in [-0.3, -0.25) is 0 Å². The Morgan fingerprint density at radius 2 is 2.30 bits per heavy atom. The summed E-state index contributed by atoms with van der Waals surface area (Å²) in [5, 5.41) is 10.9. The van der Waals surface area contributed by atoms with E-state index in [4.69, 9.17) is 10.5 Å². The summed E-state index contributed by atoms with van der Waals surface area (Å²) < 4.78 is 6.13. The lowest BCUT2D eigenvalue weighted by molar-refractivity contribution is -0.0131. The van der Waals surface area contributed by atoms with Crippen LogP contribution in [0.1, 0.15) is 37.4 Å². The van der Waals surface area contributed by atoms with Crippen molar-refractivity contribution in [2.24, 2.45) is 23.0 Å². The highest BCUT2D eigenvalue weighted by Gasteiger charge is 2.54. The van der Waals surface area contributed by atoms with Crippen molar-refractivity contribution in [1.29, 1.82) is 0 Å². The van der Waals surface area contributed by atoms with Gasteiger partial charge in [-0.15, -0.1) is 0 Å². The molecule has 3 N–H and O–H groups in total. The third-order valence-electron chi connectivity index (χ3n) is 5.44. The van der Waals surface area contributed by atoms with E-state index in [0.717, 1.165) is 28.1 Å². The van der Waals surface area contributed by atoms with Gasteiger partial charge in [-0.05, 0) is 64.7 Å². The zero-order valence-corrected chi connectivity index (χ0v) is 13.4. The van der Waals surface area contributed by atoms with Crippen molar-refractivity contribution in [2.45, 2.75) is 31.8 Å². The molecule has 0 heterocycles. The Hall–Kier alpha value is -0.580. The van der Waals surface area contributed by atoms with Gasteiger partial charge in [0.2, 0.25) is 0 Å². The number of hydrogen-bond donors (Lipinski definition) is 2. The Labute approximate surface area is 128 Å². The van der Waals surface area contributed by atoms with Gasteiger partial charge < -0.3 is 15.6 Å². The first-order valence-corrected chi connectivity index (χ1v) is 8.11. The summed E-state index contributed by atoms with van der Waals surface area (Å²) in [6, 6.07) is 5.82. The molecule has 0 amide bonds. The molecule has 2 aliphatic rings. The van der Waals surface area contributed by atoms with Crippen molar-refractivity contribution >= 4 is 15.9 Å². The largest absolute Gasteiger partial charge is 0.496 e. The molecule has 4 atom stereocenters. The number of aliphatic hydroxyl groups is 1. The van der Waals surface area contributed by atoms with E-state index in [1.54, 1.807) is 7.11 Å². The Morgan fingerprint density at radius 3 is 2.80 bits per heavy atom. The first kappa shape index (κ1) is 14.4. The highest BCUT2D eigenvalue weighted by atomic mass is 79.9. The second kappa shape index (κ2) is 5.32. The van der Waals surface area contributed by atoms with Crippen LogP contribution in [0.5, 0.6) is 5.75 Å². The van der Waals surface area contributed by atoms with Gasteiger partial charge in [-0.25, -0.2) is 0 Å². The van der Waals surface area contributed by atoms with Gasteiger partial charge in [0.15, 0.2) is 0 Å². The number of aliphatic hydroxyl groups excluding tert-OH is 1. The number of nitrogens with two attached hydrogens (primary N) is 1. The molecule has 3 rings (SSSR count). The first-order valence-electron chi connectivity index (χ1n) is 7.32. The van der Waals surface area contributed by atoms with Gasteiger partial charge in [0.05, 0.1) is 17.7 Å². The lowest BCUT2D eigenvalue weighted by Gasteiger charge is -2.41. The fourth-order valence-electron chi connectivity index (χ4n) is 4.37. The maximum atomic E-state index is 10.9. The number of rotatable bonds is 4. The third kappa shape index (κ3) is 2.09. The molecular formula is C16H22BrNO2. The summed E-state index contributed by atoms with van der Waals surface area (Å²) >= 11 is 3.50. The summed E-state index contributed by atoms with van der Waals surface area (Å²) in [4.78, 5) is 0. The minimum atomic E-state index is -0.481. The smallest absolute Gasteiger partial charge is 0.133 e. The number of ether oxygens (including phenoxy) is 1. The second-order valence-corrected chi connectivity index (χ2v) is 7.17. The SMILES string of the molecule is COc1ccc(C(O)C2(CN)CC3CCC2C3)cc1Br. The number of fused-ring (bicyclic) bond motifs is 2. The van der Waals surface area contributed by atoms with Crippen LogP contribution in [0, 0.1) is 17.3 Å². The Bertz CT molecular complexity index is 507. The Balaban J connectivity index is 1.91. The number of hydrogen-bond acceptors (Lipinski definition) is 3. The third-order valence-corrected chi connectivity index (χ3v) is 6.06. The molecule has 110 valence electrons. The minimum Gasteiger partial charge on any atom is -0.496 e. The molecule has 4 unspecified atom stereocenters. The van der Waals surface area contributed by atoms with Crippen LogP contribution >= 0.6 is 15.9 Å². The zero-order chi connectivity index (χ0) is 14.3. The molecule has 0 aromatic heterocycles. The normalized spacial score (nSPS) is 33.4. The predicted molar refractivity (Wildman–Crippen MR) is 82.6 cm³/mol. The summed E-state index contributed by atoms with van der Waals surface area (Å²) in [5.41, 5.74) is 6.90. The molecule has 4 heteroatoms. The molecule has 20 heavy (non-hydrogen) atoms. The van der Waals surface area contributed by atoms with Gasteiger partial charge >= 0.3 is 0 Å². The van der Waals surface area contributed by atoms with E-state index in [0.29, 0.717) is 12.5 Å². The Kier molecular flexibility index (Phi) is 3.82. The van der Waals surface area contributed by atoms with E-state index < -0.39 is 6.10 Å². The standard InChI is InChI=1S/C16H22BrNO2/c1-20-14-5-3-11(7-13(14)17)15(19)16(9-18)8-10-2-4-12(16)6-10/h3,5,7,10,12,15,19H,2,4,6,8-9,18H2,1H3. The molecule has 0 spiro atoms.